The molecule has 0 saturated carbocycles. The summed E-state index contributed by atoms with van der Waals surface area (Å²) in [5.41, 5.74) is 5.81. The molecule has 6 rings (SSSR count). The number of hydrogen-bond acceptors (Lipinski definition) is 4. The summed E-state index contributed by atoms with van der Waals surface area (Å²) in [6, 6.07) is 15.1. The van der Waals surface area contributed by atoms with Crippen LogP contribution in [0.1, 0.15) is 18.1 Å². The van der Waals surface area contributed by atoms with E-state index in [1.54, 1.807) is 29.2 Å². The van der Waals surface area contributed by atoms with Gasteiger partial charge in [-0.1, -0.05) is 30.7 Å². The topological polar surface area (TPSA) is 74.7 Å². The highest BCUT2D eigenvalue weighted by atomic mass is 32.2. The standard InChI is InChI=1S/C27H25N5O2S/c1-5-22-24-26-20(16-29-31(26)4)15-28-27(24)32(35(33,34)21-9-6-17(2)7-10-21)25(22)19-8-11-23-18(14-19)12-13-30(23)3/h6-16H,5H2,1-4H3. The van der Waals surface area contributed by atoms with Gasteiger partial charge in [-0.2, -0.15) is 5.10 Å². The van der Waals surface area contributed by atoms with Gasteiger partial charge in [0, 0.05) is 53.7 Å². The number of pyridine rings is 1. The fraction of sp³-hybridized carbons (Fsp3) is 0.185. The molecule has 0 atom stereocenters. The smallest absolute Gasteiger partial charge is 0.269 e. The van der Waals surface area contributed by atoms with Gasteiger partial charge in [-0.15, -0.1) is 0 Å². The summed E-state index contributed by atoms with van der Waals surface area (Å²) < 4.78 is 33.7. The highest BCUT2D eigenvalue weighted by Gasteiger charge is 2.30. The van der Waals surface area contributed by atoms with E-state index in [2.05, 4.69) is 27.6 Å². The van der Waals surface area contributed by atoms with Gasteiger partial charge in [-0.25, -0.2) is 17.4 Å². The minimum atomic E-state index is -3.94. The van der Waals surface area contributed by atoms with E-state index in [-0.39, 0.29) is 4.90 Å². The lowest BCUT2D eigenvalue weighted by Crippen LogP contribution is -2.15. The highest BCUT2D eigenvalue weighted by molar-refractivity contribution is 7.90. The van der Waals surface area contributed by atoms with Crippen molar-refractivity contribution in [2.75, 3.05) is 0 Å². The number of fused-ring (bicyclic) bond motifs is 4. The molecule has 0 fully saturated rings. The minimum absolute atomic E-state index is 0.233. The van der Waals surface area contributed by atoms with Crippen molar-refractivity contribution in [2.45, 2.75) is 25.2 Å². The lowest BCUT2D eigenvalue weighted by Gasteiger charge is -2.13. The molecule has 8 heteroatoms. The van der Waals surface area contributed by atoms with E-state index in [1.165, 1.54) is 3.97 Å². The number of benzene rings is 2. The Labute approximate surface area is 203 Å². The van der Waals surface area contributed by atoms with E-state index in [1.807, 2.05) is 57.5 Å². The van der Waals surface area contributed by atoms with Crippen LogP contribution in [-0.4, -0.2) is 31.7 Å². The van der Waals surface area contributed by atoms with Crippen LogP contribution in [0.4, 0.5) is 0 Å². The Morgan fingerprint density at radius 1 is 0.943 bits per heavy atom. The van der Waals surface area contributed by atoms with Crippen molar-refractivity contribution in [2.24, 2.45) is 14.1 Å². The summed E-state index contributed by atoms with van der Waals surface area (Å²) in [4.78, 5) is 4.91. The van der Waals surface area contributed by atoms with Crippen molar-refractivity contribution in [3.63, 3.8) is 0 Å². The van der Waals surface area contributed by atoms with Crippen molar-refractivity contribution in [3.8, 4) is 11.3 Å². The lowest BCUT2D eigenvalue weighted by atomic mass is 10.0. The maximum Gasteiger partial charge on any atom is 0.269 e. The Kier molecular flexibility index (Phi) is 4.66. The van der Waals surface area contributed by atoms with Gasteiger partial charge in [0.05, 0.1) is 22.3 Å². The van der Waals surface area contributed by atoms with Gasteiger partial charge < -0.3 is 4.57 Å². The van der Waals surface area contributed by atoms with E-state index in [4.69, 9.17) is 0 Å². The van der Waals surface area contributed by atoms with Crippen LogP contribution in [0.2, 0.25) is 0 Å². The molecular weight excluding hydrogens is 458 g/mol. The van der Waals surface area contributed by atoms with Crippen LogP contribution in [0.15, 0.2) is 72.0 Å². The van der Waals surface area contributed by atoms with Crippen molar-refractivity contribution >= 4 is 42.9 Å². The summed E-state index contributed by atoms with van der Waals surface area (Å²) in [6.45, 7) is 4.00. The quantitative estimate of drug-likeness (QED) is 0.346. The molecule has 0 aliphatic heterocycles. The first kappa shape index (κ1) is 21.6. The molecular formula is C27H25N5O2S. The molecule has 4 heterocycles. The normalized spacial score (nSPS) is 12.3. The van der Waals surface area contributed by atoms with Crippen molar-refractivity contribution in [1.82, 2.24) is 23.3 Å². The van der Waals surface area contributed by atoms with Crippen LogP contribution < -0.4 is 0 Å². The predicted octanol–water partition coefficient (Wildman–Crippen LogP) is 5.19. The zero-order chi connectivity index (χ0) is 24.5. The molecule has 0 aliphatic carbocycles. The largest absolute Gasteiger partial charge is 0.351 e. The maximum atomic E-state index is 14.2. The summed E-state index contributed by atoms with van der Waals surface area (Å²) in [5.74, 6) is 0. The van der Waals surface area contributed by atoms with Gasteiger partial charge in [0.25, 0.3) is 10.0 Å². The Morgan fingerprint density at radius 2 is 1.71 bits per heavy atom. The Hall–Kier alpha value is -3.91. The SMILES string of the molecule is CCc1c(-c2ccc3c(ccn3C)c2)n(S(=O)(=O)c2ccc(C)cc2)c2ncc3cnn(C)c3c12. The predicted molar refractivity (Wildman–Crippen MR) is 139 cm³/mol. The second-order valence-electron chi connectivity index (χ2n) is 8.99. The van der Waals surface area contributed by atoms with Gasteiger partial charge in [0.15, 0.2) is 5.65 Å². The zero-order valence-electron chi connectivity index (χ0n) is 20.0. The second kappa shape index (κ2) is 7.55. The van der Waals surface area contributed by atoms with Crippen LogP contribution in [0.3, 0.4) is 0 Å². The van der Waals surface area contributed by atoms with Crippen LogP contribution in [-0.2, 0) is 30.5 Å². The highest BCUT2D eigenvalue weighted by Crippen LogP contribution is 2.40. The summed E-state index contributed by atoms with van der Waals surface area (Å²) >= 11 is 0. The van der Waals surface area contributed by atoms with Crippen molar-refractivity contribution in [3.05, 3.63) is 78.2 Å². The third-order valence-corrected chi connectivity index (χ3v) is 8.51. The molecule has 7 nitrogen and oxygen atoms in total. The second-order valence-corrected chi connectivity index (χ2v) is 10.8. The van der Waals surface area contributed by atoms with Gasteiger partial charge in [0.1, 0.15) is 0 Å². The third kappa shape index (κ3) is 3.06. The van der Waals surface area contributed by atoms with Gasteiger partial charge in [0.2, 0.25) is 0 Å². The molecule has 0 amide bonds. The number of rotatable bonds is 4. The molecule has 2 aromatic carbocycles. The zero-order valence-corrected chi connectivity index (χ0v) is 20.8. The van der Waals surface area contributed by atoms with Crippen molar-refractivity contribution < 1.29 is 8.42 Å². The van der Waals surface area contributed by atoms with E-state index >= 15 is 0 Å². The Morgan fingerprint density at radius 3 is 2.46 bits per heavy atom. The number of nitrogens with zero attached hydrogens (tertiary/aromatic N) is 5. The van der Waals surface area contributed by atoms with Gasteiger partial charge >= 0.3 is 0 Å². The summed E-state index contributed by atoms with van der Waals surface area (Å²) in [5, 5.41) is 7.18. The first-order valence-electron chi connectivity index (χ1n) is 11.5. The molecule has 0 aliphatic rings. The van der Waals surface area contributed by atoms with Gasteiger partial charge in [-0.05, 0) is 49.2 Å². The van der Waals surface area contributed by atoms with Crippen LogP contribution in [0.5, 0.6) is 0 Å². The molecule has 0 unspecified atom stereocenters. The van der Waals surface area contributed by atoms with E-state index in [0.717, 1.165) is 43.9 Å². The minimum Gasteiger partial charge on any atom is -0.351 e. The molecule has 0 spiro atoms. The number of aromatic nitrogens is 5. The fourth-order valence-corrected chi connectivity index (χ4v) is 6.56. The molecule has 0 bridgehead atoms. The van der Waals surface area contributed by atoms with E-state index in [9.17, 15) is 8.42 Å². The molecule has 6 aromatic rings. The molecule has 0 N–H and O–H groups in total. The molecule has 176 valence electrons. The number of hydrogen-bond donors (Lipinski definition) is 0. The maximum absolute atomic E-state index is 14.2. The molecule has 35 heavy (non-hydrogen) atoms. The average molecular weight is 484 g/mol. The molecule has 4 aromatic heterocycles. The van der Waals surface area contributed by atoms with Crippen LogP contribution in [0.25, 0.3) is 44.1 Å². The van der Waals surface area contributed by atoms with E-state index in [0.29, 0.717) is 17.8 Å². The summed E-state index contributed by atoms with van der Waals surface area (Å²) in [6.07, 6.45) is 6.12. The van der Waals surface area contributed by atoms with Crippen molar-refractivity contribution in [1.29, 1.82) is 0 Å². The van der Waals surface area contributed by atoms with Crippen LogP contribution in [0, 0.1) is 6.92 Å². The Bertz CT molecular complexity index is 1870. The van der Waals surface area contributed by atoms with Crippen LogP contribution >= 0.6 is 0 Å². The van der Waals surface area contributed by atoms with E-state index < -0.39 is 10.0 Å². The fourth-order valence-electron chi connectivity index (χ4n) is 5.05. The first-order chi connectivity index (χ1) is 16.8. The Balaban J connectivity index is 1.79. The number of aryl methyl sites for hydroxylation is 4. The first-order valence-corrected chi connectivity index (χ1v) is 13.0. The monoisotopic (exact) mass is 483 g/mol. The van der Waals surface area contributed by atoms with Gasteiger partial charge in [-0.3, -0.25) is 4.68 Å². The lowest BCUT2D eigenvalue weighted by molar-refractivity contribution is 0.589. The molecule has 0 saturated heterocycles. The summed E-state index contributed by atoms with van der Waals surface area (Å²) in [7, 11) is -0.0647. The average Bonchev–Trinajstić information content (AvgIpc) is 3.52. The molecule has 0 radical (unpaired) electrons. The third-order valence-electron chi connectivity index (χ3n) is 6.81.